The second-order valence-electron chi connectivity index (χ2n) is 6.08. The molecule has 21 heavy (non-hydrogen) atoms. The van der Waals surface area contributed by atoms with Gasteiger partial charge in [0.25, 0.3) is 0 Å². The Morgan fingerprint density at radius 1 is 1.33 bits per heavy atom. The van der Waals surface area contributed by atoms with Gasteiger partial charge in [0.05, 0.1) is 0 Å². The second kappa shape index (κ2) is 5.39. The largest absolute Gasteiger partial charge is 0.480 e. The van der Waals surface area contributed by atoms with Gasteiger partial charge in [-0.1, -0.05) is 25.1 Å². The third-order valence-corrected chi connectivity index (χ3v) is 4.11. The highest BCUT2D eigenvalue weighted by molar-refractivity contribution is 5.95. The lowest BCUT2D eigenvalue weighted by Crippen LogP contribution is -2.49. The van der Waals surface area contributed by atoms with Crippen molar-refractivity contribution < 1.29 is 14.7 Å². The zero-order chi connectivity index (χ0) is 15.0. The third-order valence-electron chi connectivity index (χ3n) is 4.11. The van der Waals surface area contributed by atoms with E-state index in [0.717, 1.165) is 30.5 Å². The number of para-hydroxylation sites is 1. The topological polar surface area (TPSA) is 60.9 Å². The fourth-order valence-corrected chi connectivity index (χ4v) is 3.02. The first-order valence-corrected chi connectivity index (χ1v) is 7.44. The molecule has 2 aliphatic rings. The molecule has 1 aliphatic heterocycles. The SMILES string of the molecule is CC1Cc2ccccc2N(C(=O)N(CC(=O)O)C2CC2)C1. The number of carbonyl (C=O) groups excluding carboxylic acids is 1. The minimum atomic E-state index is -0.950. The Morgan fingerprint density at radius 2 is 2.05 bits per heavy atom. The van der Waals surface area contributed by atoms with E-state index in [0.29, 0.717) is 12.5 Å². The highest BCUT2D eigenvalue weighted by atomic mass is 16.4. The minimum Gasteiger partial charge on any atom is -0.480 e. The van der Waals surface area contributed by atoms with Gasteiger partial charge >= 0.3 is 12.0 Å². The van der Waals surface area contributed by atoms with Crippen molar-refractivity contribution in [2.24, 2.45) is 5.92 Å². The molecule has 0 aromatic heterocycles. The van der Waals surface area contributed by atoms with Crippen LogP contribution in [0.2, 0.25) is 0 Å². The van der Waals surface area contributed by atoms with Crippen LogP contribution in [0.4, 0.5) is 10.5 Å². The number of carbonyl (C=O) groups is 2. The van der Waals surface area contributed by atoms with Crippen LogP contribution in [-0.4, -0.2) is 41.1 Å². The highest BCUT2D eigenvalue weighted by Crippen LogP contribution is 2.33. The van der Waals surface area contributed by atoms with Gasteiger partial charge in [0.15, 0.2) is 0 Å². The fraction of sp³-hybridized carbons (Fsp3) is 0.500. The summed E-state index contributed by atoms with van der Waals surface area (Å²) in [5.74, 6) is -0.566. The molecule has 5 heteroatoms. The molecule has 2 amide bonds. The zero-order valence-electron chi connectivity index (χ0n) is 12.2. The van der Waals surface area contributed by atoms with Crippen molar-refractivity contribution in [3.05, 3.63) is 29.8 Å². The Bertz CT molecular complexity index is 568. The molecular weight excluding hydrogens is 268 g/mol. The van der Waals surface area contributed by atoms with Crippen molar-refractivity contribution in [2.45, 2.75) is 32.2 Å². The van der Waals surface area contributed by atoms with E-state index in [4.69, 9.17) is 5.11 Å². The van der Waals surface area contributed by atoms with E-state index in [9.17, 15) is 9.59 Å². The van der Waals surface area contributed by atoms with Gasteiger partial charge < -0.3 is 10.0 Å². The molecule has 1 heterocycles. The number of hydrogen-bond donors (Lipinski definition) is 1. The maximum absolute atomic E-state index is 12.8. The van der Waals surface area contributed by atoms with Crippen LogP contribution in [0, 0.1) is 5.92 Å². The number of benzene rings is 1. The van der Waals surface area contributed by atoms with Crippen molar-refractivity contribution in [2.75, 3.05) is 18.0 Å². The standard InChI is InChI=1S/C16H20N2O3/c1-11-8-12-4-2-3-5-14(12)18(9-11)16(21)17(10-15(19)20)13-6-7-13/h2-5,11,13H,6-10H2,1H3,(H,19,20). The third kappa shape index (κ3) is 2.86. The van der Waals surface area contributed by atoms with Gasteiger partial charge in [-0.05, 0) is 36.8 Å². The highest BCUT2D eigenvalue weighted by Gasteiger charge is 2.38. The van der Waals surface area contributed by atoms with E-state index in [2.05, 4.69) is 6.92 Å². The summed E-state index contributed by atoms with van der Waals surface area (Å²) in [4.78, 5) is 27.1. The molecule has 0 spiro atoms. The normalized spacial score (nSPS) is 20.8. The number of anilines is 1. The second-order valence-corrected chi connectivity index (χ2v) is 6.08. The molecule has 1 N–H and O–H groups in total. The number of amides is 2. The molecular formula is C16H20N2O3. The maximum Gasteiger partial charge on any atom is 0.325 e. The summed E-state index contributed by atoms with van der Waals surface area (Å²) in [6.07, 6.45) is 2.77. The number of urea groups is 1. The number of carboxylic acid groups (broad SMARTS) is 1. The molecule has 112 valence electrons. The van der Waals surface area contributed by atoms with Gasteiger partial charge in [0.2, 0.25) is 0 Å². The van der Waals surface area contributed by atoms with Gasteiger partial charge in [-0.25, -0.2) is 4.79 Å². The Morgan fingerprint density at radius 3 is 2.71 bits per heavy atom. The van der Waals surface area contributed by atoms with Crippen LogP contribution in [-0.2, 0) is 11.2 Å². The Balaban J connectivity index is 1.88. The van der Waals surface area contributed by atoms with Crippen LogP contribution in [0.15, 0.2) is 24.3 Å². The van der Waals surface area contributed by atoms with Gasteiger partial charge in [-0.15, -0.1) is 0 Å². The number of fused-ring (bicyclic) bond motifs is 1. The quantitative estimate of drug-likeness (QED) is 0.928. The van der Waals surface area contributed by atoms with E-state index < -0.39 is 5.97 Å². The molecule has 0 saturated heterocycles. The van der Waals surface area contributed by atoms with Crippen molar-refractivity contribution in [1.29, 1.82) is 0 Å². The number of carboxylic acids is 1. The summed E-state index contributed by atoms with van der Waals surface area (Å²) in [7, 11) is 0. The van der Waals surface area contributed by atoms with Crippen LogP contribution in [0.5, 0.6) is 0 Å². The van der Waals surface area contributed by atoms with Gasteiger partial charge in [-0.2, -0.15) is 0 Å². The molecule has 0 bridgehead atoms. The molecule has 0 radical (unpaired) electrons. The van der Waals surface area contributed by atoms with E-state index in [-0.39, 0.29) is 18.6 Å². The Kier molecular flexibility index (Phi) is 3.57. The van der Waals surface area contributed by atoms with Gasteiger partial charge in [0.1, 0.15) is 6.54 Å². The fourth-order valence-electron chi connectivity index (χ4n) is 3.02. The maximum atomic E-state index is 12.8. The summed E-state index contributed by atoms with van der Waals surface area (Å²) < 4.78 is 0. The lowest BCUT2D eigenvalue weighted by molar-refractivity contribution is -0.137. The average Bonchev–Trinajstić information content (AvgIpc) is 3.27. The molecule has 1 aromatic rings. The zero-order valence-corrected chi connectivity index (χ0v) is 12.2. The van der Waals surface area contributed by atoms with E-state index in [1.54, 1.807) is 4.90 Å². The van der Waals surface area contributed by atoms with Gasteiger partial charge in [0, 0.05) is 18.3 Å². The van der Waals surface area contributed by atoms with Crippen LogP contribution in [0.25, 0.3) is 0 Å². The summed E-state index contributed by atoms with van der Waals surface area (Å²) in [6, 6.07) is 7.83. The predicted molar refractivity (Wildman–Crippen MR) is 79.4 cm³/mol. The monoisotopic (exact) mass is 288 g/mol. The lowest BCUT2D eigenvalue weighted by Gasteiger charge is -2.36. The first-order chi connectivity index (χ1) is 10.1. The summed E-state index contributed by atoms with van der Waals surface area (Å²) in [5, 5.41) is 9.04. The molecule has 3 rings (SSSR count). The first-order valence-electron chi connectivity index (χ1n) is 7.44. The molecule has 5 nitrogen and oxygen atoms in total. The van der Waals surface area contributed by atoms with Crippen molar-refractivity contribution in [3.8, 4) is 0 Å². The Labute approximate surface area is 124 Å². The van der Waals surface area contributed by atoms with Crippen LogP contribution in [0.3, 0.4) is 0 Å². The summed E-state index contributed by atoms with van der Waals surface area (Å²) in [5.41, 5.74) is 2.09. The minimum absolute atomic E-state index is 0.0954. The Hall–Kier alpha value is -2.04. The molecule has 1 atom stereocenters. The van der Waals surface area contributed by atoms with Crippen molar-refractivity contribution in [3.63, 3.8) is 0 Å². The van der Waals surface area contributed by atoms with Crippen molar-refractivity contribution >= 4 is 17.7 Å². The average molecular weight is 288 g/mol. The number of nitrogens with zero attached hydrogens (tertiary/aromatic N) is 2. The van der Waals surface area contributed by atoms with E-state index >= 15 is 0 Å². The smallest absolute Gasteiger partial charge is 0.325 e. The molecule has 1 aromatic carbocycles. The van der Waals surface area contributed by atoms with Crippen molar-refractivity contribution in [1.82, 2.24) is 4.90 Å². The van der Waals surface area contributed by atoms with E-state index in [1.165, 1.54) is 4.90 Å². The molecule has 1 saturated carbocycles. The van der Waals surface area contributed by atoms with Crippen LogP contribution < -0.4 is 4.90 Å². The molecule has 1 fully saturated rings. The number of hydrogen-bond acceptors (Lipinski definition) is 2. The summed E-state index contributed by atoms with van der Waals surface area (Å²) >= 11 is 0. The molecule has 1 unspecified atom stereocenters. The number of rotatable bonds is 3. The predicted octanol–water partition coefficient (Wildman–Crippen LogP) is 2.35. The number of aliphatic carboxylic acids is 1. The first kappa shape index (κ1) is 13.9. The van der Waals surface area contributed by atoms with Crippen LogP contribution >= 0.6 is 0 Å². The lowest BCUT2D eigenvalue weighted by atomic mass is 9.94. The van der Waals surface area contributed by atoms with E-state index in [1.807, 2.05) is 24.3 Å². The van der Waals surface area contributed by atoms with Gasteiger partial charge in [-0.3, -0.25) is 9.69 Å². The molecule has 1 aliphatic carbocycles. The summed E-state index contributed by atoms with van der Waals surface area (Å²) in [6.45, 7) is 2.56. The van der Waals surface area contributed by atoms with Crippen LogP contribution in [0.1, 0.15) is 25.3 Å².